The van der Waals surface area contributed by atoms with Crippen LogP contribution in [-0.4, -0.2) is 48.1 Å². The van der Waals surface area contributed by atoms with Gasteiger partial charge >= 0.3 is 0 Å². The third-order valence-corrected chi connectivity index (χ3v) is 2.51. The molecule has 0 bridgehead atoms. The number of aromatic nitrogens is 3. The van der Waals surface area contributed by atoms with Crippen molar-refractivity contribution in [3.63, 3.8) is 0 Å². The van der Waals surface area contributed by atoms with Crippen LogP contribution < -0.4 is 5.32 Å². The van der Waals surface area contributed by atoms with Crippen LogP contribution >= 0.6 is 0 Å². The summed E-state index contributed by atoms with van der Waals surface area (Å²) in [4.78, 5) is 4.29. The quantitative estimate of drug-likeness (QED) is 0.713. The summed E-state index contributed by atoms with van der Waals surface area (Å²) in [7, 11) is 1.67. The number of nitrogens with one attached hydrogen (secondary N) is 1. The smallest absolute Gasteiger partial charge is 0.152 e. The van der Waals surface area contributed by atoms with Gasteiger partial charge in [-0.25, -0.2) is 9.50 Å². The van der Waals surface area contributed by atoms with Crippen LogP contribution in [-0.2, 0) is 9.47 Å². The molecule has 6 heteroatoms. The van der Waals surface area contributed by atoms with Crippen LogP contribution in [0.2, 0.25) is 0 Å². The fraction of sp³-hybridized carbons (Fsp3) is 0.500. The molecule has 0 atom stereocenters. The predicted molar refractivity (Wildman–Crippen MR) is 68.8 cm³/mol. The topological polar surface area (TPSA) is 60.7 Å². The van der Waals surface area contributed by atoms with Gasteiger partial charge in [-0.2, -0.15) is 5.10 Å². The monoisotopic (exact) mass is 250 g/mol. The van der Waals surface area contributed by atoms with Gasteiger partial charge in [-0.3, -0.25) is 0 Å². The van der Waals surface area contributed by atoms with Crippen molar-refractivity contribution in [1.82, 2.24) is 14.6 Å². The molecule has 0 unspecified atom stereocenters. The van der Waals surface area contributed by atoms with E-state index in [0.29, 0.717) is 13.2 Å². The number of hydrogen-bond acceptors (Lipinski definition) is 5. The Balaban J connectivity index is 1.72. The van der Waals surface area contributed by atoms with Crippen molar-refractivity contribution in [2.75, 3.05) is 38.8 Å². The molecule has 98 valence electrons. The number of methoxy groups -OCH3 is 1. The van der Waals surface area contributed by atoms with Crippen LogP contribution in [0.25, 0.3) is 5.52 Å². The molecule has 1 N–H and O–H groups in total. The van der Waals surface area contributed by atoms with Crippen LogP contribution in [0, 0.1) is 0 Å². The standard InChI is InChI=1S/C12H18N4O2/c1-17-9-10-18-8-2-4-13-12-11-3-5-15-16(11)7-6-14-12/h3,5-7H,2,4,8-10H2,1H3,(H,13,14). The summed E-state index contributed by atoms with van der Waals surface area (Å²) >= 11 is 0. The normalized spacial score (nSPS) is 10.9. The Labute approximate surface area is 106 Å². The van der Waals surface area contributed by atoms with Gasteiger partial charge in [0.05, 0.1) is 19.4 Å². The highest BCUT2D eigenvalue weighted by Gasteiger charge is 2.01. The molecule has 0 aliphatic rings. The number of rotatable bonds is 8. The average Bonchev–Trinajstić information content (AvgIpc) is 2.86. The molecular formula is C12H18N4O2. The number of anilines is 1. The van der Waals surface area contributed by atoms with E-state index in [1.807, 2.05) is 12.3 Å². The first-order valence-electron chi connectivity index (χ1n) is 6.00. The number of nitrogens with zero attached hydrogens (tertiary/aromatic N) is 3. The van der Waals surface area contributed by atoms with E-state index in [-0.39, 0.29) is 0 Å². The highest BCUT2D eigenvalue weighted by Crippen LogP contribution is 2.11. The molecule has 2 aromatic heterocycles. The lowest BCUT2D eigenvalue weighted by atomic mass is 10.4. The molecule has 18 heavy (non-hydrogen) atoms. The van der Waals surface area contributed by atoms with Crippen LogP contribution in [0.3, 0.4) is 0 Å². The second-order valence-corrected chi connectivity index (χ2v) is 3.82. The van der Waals surface area contributed by atoms with E-state index >= 15 is 0 Å². The summed E-state index contributed by atoms with van der Waals surface area (Å²) in [5.41, 5.74) is 0.984. The molecule has 0 saturated heterocycles. The van der Waals surface area contributed by atoms with Crippen LogP contribution in [0.1, 0.15) is 6.42 Å². The maximum Gasteiger partial charge on any atom is 0.152 e. The van der Waals surface area contributed by atoms with Crippen molar-refractivity contribution >= 4 is 11.3 Å². The fourth-order valence-electron chi connectivity index (χ4n) is 1.62. The van der Waals surface area contributed by atoms with Crippen molar-refractivity contribution in [3.8, 4) is 0 Å². The molecule has 0 aliphatic heterocycles. The largest absolute Gasteiger partial charge is 0.382 e. The van der Waals surface area contributed by atoms with Crippen LogP contribution in [0.4, 0.5) is 5.82 Å². The summed E-state index contributed by atoms with van der Waals surface area (Å²) in [6, 6.07) is 1.93. The van der Waals surface area contributed by atoms with Crippen LogP contribution in [0.5, 0.6) is 0 Å². The molecule has 2 heterocycles. The zero-order valence-corrected chi connectivity index (χ0v) is 10.5. The van der Waals surface area contributed by atoms with Gasteiger partial charge in [-0.1, -0.05) is 0 Å². The summed E-state index contributed by atoms with van der Waals surface area (Å²) in [6.07, 6.45) is 6.25. The van der Waals surface area contributed by atoms with Crippen molar-refractivity contribution in [2.24, 2.45) is 0 Å². The summed E-state index contributed by atoms with van der Waals surface area (Å²) in [5.74, 6) is 0.854. The third-order valence-electron chi connectivity index (χ3n) is 2.51. The van der Waals surface area contributed by atoms with E-state index in [1.165, 1.54) is 0 Å². The number of ether oxygens (including phenoxy) is 2. The van der Waals surface area contributed by atoms with Gasteiger partial charge in [0, 0.05) is 32.7 Å². The molecule has 2 rings (SSSR count). The first-order chi connectivity index (χ1) is 8.92. The van der Waals surface area contributed by atoms with Gasteiger partial charge in [-0.15, -0.1) is 0 Å². The minimum Gasteiger partial charge on any atom is -0.382 e. The minimum absolute atomic E-state index is 0.643. The van der Waals surface area contributed by atoms with Crippen molar-refractivity contribution < 1.29 is 9.47 Å². The molecule has 0 aliphatic carbocycles. The van der Waals surface area contributed by atoms with E-state index in [1.54, 1.807) is 24.0 Å². The fourth-order valence-corrected chi connectivity index (χ4v) is 1.62. The maximum absolute atomic E-state index is 5.38. The summed E-state index contributed by atoms with van der Waals surface area (Å²) in [6.45, 7) is 2.83. The summed E-state index contributed by atoms with van der Waals surface area (Å²) in [5, 5.41) is 7.44. The molecule has 0 spiro atoms. The van der Waals surface area contributed by atoms with Gasteiger partial charge < -0.3 is 14.8 Å². The number of fused-ring (bicyclic) bond motifs is 1. The maximum atomic E-state index is 5.38. The Morgan fingerprint density at radius 1 is 1.28 bits per heavy atom. The van der Waals surface area contributed by atoms with Crippen molar-refractivity contribution in [3.05, 3.63) is 24.7 Å². The van der Waals surface area contributed by atoms with Crippen LogP contribution in [0.15, 0.2) is 24.7 Å². The molecule has 0 fully saturated rings. The van der Waals surface area contributed by atoms with E-state index in [0.717, 1.165) is 30.9 Å². The molecule has 0 saturated carbocycles. The average molecular weight is 250 g/mol. The van der Waals surface area contributed by atoms with Gasteiger partial charge in [-0.05, 0) is 12.5 Å². The Morgan fingerprint density at radius 2 is 2.22 bits per heavy atom. The van der Waals surface area contributed by atoms with Gasteiger partial charge in [0.25, 0.3) is 0 Å². The lowest BCUT2D eigenvalue weighted by Gasteiger charge is -2.07. The van der Waals surface area contributed by atoms with Gasteiger partial charge in [0.1, 0.15) is 5.52 Å². The predicted octanol–water partition coefficient (Wildman–Crippen LogP) is 1.19. The third kappa shape index (κ3) is 3.41. The Hall–Kier alpha value is -1.66. The molecule has 2 aromatic rings. The Morgan fingerprint density at radius 3 is 3.11 bits per heavy atom. The molecular weight excluding hydrogens is 232 g/mol. The first-order valence-corrected chi connectivity index (χ1v) is 6.00. The minimum atomic E-state index is 0.643. The Bertz CT molecular complexity index is 472. The molecule has 0 amide bonds. The molecule has 0 aromatic carbocycles. The van der Waals surface area contributed by atoms with E-state index < -0.39 is 0 Å². The van der Waals surface area contributed by atoms with Gasteiger partial charge in [0.15, 0.2) is 5.82 Å². The lowest BCUT2D eigenvalue weighted by Crippen LogP contribution is -2.09. The second kappa shape index (κ2) is 6.93. The lowest BCUT2D eigenvalue weighted by molar-refractivity contribution is 0.0705. The molecule has 0 radical (unpaired) electrons. The zero-order valence-electron chi connectivity index (χ0n) is 10.5. The van der Waals surface area contributed by atoms with E-state index in [2.05, 4.69) is 15.4 Å². The van der Waals surface area contributed by atoms with E-state index in [4.69, 9.17) is 9.47 Å². The Kier molecular flexibility index (Phi) is 4.92. The summed E-state index contributed by atoms with van der Waals surface area (Å²) < 4.78 is 12.1. The van der Waals surface area contributed by atoms with E-state index in [9.17, 15) is 0 Å². The SMILES string of the molecule is COCCOCCCNc1nccn2nccc12. The number of hydrogen-bond donors (Lipinski definition) is 1. The highest BCUT2D eigenvalue weighted by molar-refractivity contribution is 5.66. The van der Waals surface area contributed by atoms with Gasteiger partial charge in [0.2, 0.25) is 0 Å². The molecule has 6 nitrogen and oxygen atoms in total. The zero-order chi connectivity index (χ0) is 12.6. The van der Waals surface area contributed by atoms with Crippen molar-refractivity contribution in [1.29, 1.82) is 0 Å². The van der Waals surface area contributed by atoms with Crippen molar-refractivity contribution in [2.45, 2.75) is 6.42 Å². The highest BCUT2D eigenvalue weighted by atomic mass is 16.5. The first kappa shape index (κ1) is 12.8. The second-order valence-electron chi connectivity index (χ2n) is 3.82.